The van der Waals surface area contributed by atoms with Gasteiger partial charge in [-0.05, 0) is 24.1 Å². The molecule has 1 aliphatic heterocycles. The van der Waals surface area contributed by atoms with E-state index in [9.17, 15) is 0 Å². The second kappa shape index (κ2) is 7.73. The van der Waals surface area contributed by atoms with Crippen molar-refractivity contribution in [2.45, 2.75) is 32.7 Å². The molecule has 4 heteroatoms. The Balaban J connectivity index is 1.74. The number of unbranched alkanes of at least 4 members (excludes halogenated alkanes) is 1. The maximum Gasteiger partial charge on any atom is 0.127 e. The lowest BCUT2D eigenvalue weighted by molar-refractivity contribution is 0.133. The minimum Gasteiger partial charge on any atom is -0.493 e. The number of fused-ring (bicyclic) bond motifs is 1. The third-order valence-corrected chi connectivity index (χ3v) is 3.42. The van der Waals surface area contributed by atoms with Gasteiger partial charge >= 0.3 is 0 Å². The van der Waals surface area contributed by atoms with Crippen LogP contribution in [0, 0.1) is 0 Å². The molecule has 0 saturated heterocycles. The number of ether oxygens (including phenoxy) is 2. The van der Waals surface area contributed by atoms with Crippen LogP contribution in [-0.4, -0.2) is 26.4 Å². The first-order chi connectivity index (χ1) is 9.31. The highest BCUT2D eigenvalue weighted by atomic mass is 35.5. The van der Waals surface area contributed by atoms with E-state index in [0.717, 1.165) is 62.1 Å². The van der Waals surface area contributed by atoms with E-state index in [1.807, 2.05) is 12.1 Å². The Labute approximate surface area is 120 Å². The Morgan fingerprint density at radius 1 is 1.37 bits per heavy atom. The molecule has 0 aromatic heterocycles. The molecule has 106 valence electrons. The van der Waals surface area contributed by atoms with Crippen LogP contribution in [0.1, 0.15) is 30.9 Å². The first-order valence-electron chi connectivity index (χ1n) is 7.04. The van der Waals surface area contributed by atoms with E-state index in [-0.39, 0.29) is 0 Å². The van der Waals surface area contributed by atoms with Crippen LogP contribution in [0.3, 0.4) is 0 Å². The first kappa shape index (κ1) is 14.6. The largest absolute Gasteiger partial charge is 0.493 e. The van der Waals surface area contributed by atoms with E-state index in [2.05, 4.69) is 12.2 Å². The Morgan fingerprint density at radius 3 is 3.11 bits per heavy atom. The van der Waals surface area contributed by atoms with Crippen molar-refractivity contribution in [3.63, 3.8) is 0 Å². The van der Waals surface area contributed by atoms with Gasteiger partial charge in [-0.1, -0.05) is 24.9 Å². The minimum atomic E-state index is 0.754. The van der Waals surface area contributed by atoms with Crippen molar-refractivity contribution in [3.8, 4) is 5.75 Å². The first-order valence-corrected chi connectivity index (χ1v) is 7.41. The van der Waals surface area contributed by atoms with E-state index in [1.165, 1.54) is 12.0 Å². The zero-order valence-electron chi connectivity index (χ0n) is 11.5. The fraction of sp³-hybridized carbons (Fsp3) is 0.600. The second-order valence-corrected chi connectivity index (χ2v) is 5.23. The molecule has 1 aromatic rings. The number of benzene rings is 1. The van der Waals surface area contributed by atoms with Gasteiger partial charge in [0.15, 0.2) is 0 Å². The van der Waals surface area contributed by atoms with Gasteiger partial charge in [-0.15, -0.1) is 0 Å². The molecular weight excluding hydrogens is 262 g/mol. The molecule has 0 amide bonds. The van der Waals surface area contributed by atoms with Crippen LogP contribution in [-0.2, 0) is 17.7 Å². The van der Waals surface area contributed by atoms with E-state index >= 15 is 0 Å². The van der Waals surface area contributed by atoms with Gasteiger partial charge in [0, 0.05) is 36.7 Å². The number of hydrogen-bond acceptors (Lipinski definition) is 3. The lowest BCUT2D eigenvalue weighted by atomic mass is 10.1. The molecule has 3 nitrogen and oxygen atoms in total. The van der Waals surface area contributed by atoms with Gasteiger partial charge in [-0.2, -0.15) is 0 Å². The molecule has 1 N–H and O–H groups in total. The quantitative estimate of drug-likeness (QED) is 0.743. The Hall–Kier alpha value is -0.770. The minimum absolute atomic E-state index is 0.754. The molecule has 1 heterocycles. The molecule has 1 aliphatic rings. The van der Waals surface area contributed by atoms with Crippen LogP contribution in [0.15, 0.2) is 12.1 Å². The number of nitrogens with one attached hydrogen (secondary N) is 1. The van der Waals surface area contributed by atoms with Gasteiger partial charge in [0.25, 0.3) is 0 Å². The molecule has 0 atom stereocenters. The second-order valence-electron chi connectivity index (χ2n) is 4.79. The molecule has 1 aromatic carbocycles. The van der Waals surface area contributed by atoms with Crippen LogP contribution in [0.5, 0.6) is 5.75 Å². The Kier molecular flexibility index (Phi) is 5.95. The van der Waals surface area contributed by atoms with Crippen molar-refractivity contribution in [1.29, 1.82) is 0 Å². The lowest BCUT2D eigenvalue weighted by Crippen LogP contribution is -2.19. The topological polar surface area (TPSA) is 30.5 Å². The molecule has 0 saturated carbocycles. The van der Waals surface area contributed by atoms with Crippen LogP contribution < -0.4 is 10.1 Å². The summed E-state index contributed by atoms with van der Waals surface area (Å²) in [4.78, 5) is 0. The summed E-state index contributed by atoms with van der Waals surface area (Å²) in [5, 5.41) is 4.16. The van der Waals surface area contributed by atoms with Gasteiger partial charge < -0.3 is 14.8 Å². The van der Waals surface area contributed by atoms with Gasteiger partial charge in [-0.25, -0.2) is 0 Å². The highest BCUT2D eigenvalue weighted by Gasteiger charge is 2.16. The molecular formula is C15H22ClNO2. The summed E-state index contributed by atoms with van der Waals surface area (Å²) in [6, 6.07) is 3.98. The van der Waals surface area contributed by atoms with Crippen molar-refractivity contribution in [3.05, 3.63) is 28.3 Å². The molecule has 0 spiro atoms. The number of halogens is 1. The molecule has 2 rings (SSSR count). The Morgan fingerprint density at radius 2 is 2.26 bits per heavy atom. The fourth-order valence-corrected chi connectivity index (χ4v) is 2.46. The van der Waals surface area contributed by atoms with Crippen LogP contribution in [0.2, 0.25) is 5.02 Å². The molecule has 0 radical (unpaired) electrons. The number of hydrogen-bond donors (Lipinski definition) is 1. The van der Waals surface area contributed by atoms with E-state index < -0.39 is 0 Å². The Bertz CT molecular complexity index is 409. The van der Waals surface area contributed by atoms with Crippen molar-refractivity contribution in [2.24, 2.45) is 0 Å². The molecule has 0 unspecified atom stereocenters. The third-order valence-electron chi connectivity index (χ3n) is 3.21. The van der Waals surface area contributed by atoms with Crippen LogP contribution >= 0.6 is 11.6 Å². The van der Waals surface area contributed by atoms with Gasteiger partial charge in [0.1, 0.15) is 5.75 Å². The molecule has 0 fully saturated rings. The normalized spacial score (nSPS) is 13.4. The van der Waals surface area contributed by atoms with Crippen LogP contribution in [0.25, 0.3) is 0 Å². The summed E-state index contributed by atoms with van der Waals surface area (Å²) in [7, 11) is 0. The van der Waals surface area contributed by atoms with Crippen LogP contribution in [0.4, 0.5) is 0 Å². The predicted molar refractivity (Wildman–Crippen MR) is 78.1 cm³/mol. The third kappa shape index (κ3) is 4.37. The summed E-state index contributed by atoms with van der Waals surface area (Å²) in [6.45, 7) is 6.17. The molecule has 0 bridgehead atoms. The summed E-state index contributed by atoms with van der Waals surface area (Å²) < 4.78 is 11.2. The maximum atomic E-state index is 6.12. The SMILES string of the molecule is CCCCOCCNCc1cc(Cl)cc2c1OCC2. The fourth-order valence-electron chi connectivity index (χ4n) is 2.19. The summed E-state index contributed by atoms with van der Waals surface area (Å²) >= 11 is 6.12. The van der Waals surface area contributed by atoms with Gasteiger partial charge in [0.2, 0.25) is 0 Å². The lowest BCUT2D eigenvalue weighted by Gasteiger charge is -2.10. The van der Waals surface area contributed by atoms with Gasteiger partial charge in [0.05, 0.1) is 13.2 Å². The average molecular weight is 284 g/mol. The van der Waals surface area contributed by atoms with Crippen molar-refractivity contribution in [1.82, 2.24) is 5.32 Å². The highest BCUT2D eigenvalue weighted by Crippen LogP contribution is 2.32. The standard InChI is InChI=1S/C15H22ClNO2/c1-2-3-6-18-8-5-17-11-13-10-14(16)9-12-4-7-19-15(12)13/h9-10,17H,2-8,11H2,1H3. The molecule has 19 heavy (non-hydrogen) atoms. The monoisotopic (exact) mass is 283 g/mol. The summed E-state index contributed by atoms with van der Waals surface area (Å²) in [5.74, 6) is 1.02. The zero-order chi connectivity index (χ0) is 13.5. The molecule has 0 aliphatic carbocycles. The number of rotatable bonds is 8. The van der Waals surface area contributed by atoms with E-state index in [0.29, 0.717) is 0 Å². The average Bonchev–Trinajstić information content (AvgIpc) is 2.85. The predicted octanol–water partition coefficient (Wildman–Crippen LogP) is 3.18. The zero-order valence-corrected chi connectivity index (χ0v) is 12.3. The van der Waals surface area contributed by atoms with E-state index in [1.54, 1.807) is 0 Å². The van der Waals surface area contributed by atoms with Crippen molar-refractivity contribution < 1.29 is 9.47 Å². The smallest absolute Gasteiger partial charge is 0.127 e. The summed E-state index contributed by atoms with van der Waals surface area (Å²) in [6.07, 6.45) is 3.28. The highest BCUT2D eigenvalue weighted by molar-refractivity contribution is 6.30. The van der Waals surface area contributed by atoms with Gasteiger partial charge in [-0.3, -0.25) is 0 Å². The van der Waals surface area contributed by atoms with Crippen molar-refractivity contribution in [2.75, 3.05) is 26.4 Å². The van der Waals surface area contributed by atoms with E-state index in [4.69, 9.17) is 21.1 Å². The summed E-state index contributed by atoms with van der Waals surface area (Å²) in [5.41, 5.74) is 2.37. The van der Waals surface area contributed by atoms with Crippen molar-refractivity contribution >= 4 is 11.6 Å². The maximum absolute atomic E-state index is 6.12.